The number of carbonyl (C=O) groups excluding carboxylic acids is 1. The summed E-state index contributed by atoms with van der Waals surface area (Å²) in [6.45, 7) is 1.84. The standard InChI is InChI=1S/C11H13FO3/c1-8(15-7-14-2)11-5-10(12)4-3-9(11)6-13/h3-6,8H,7H2,1-2H3/t8-/m1/s1. The Morgan fingerprint density at radius 3 is 2.87 bits per heavy atom. The molecule has 0 fully saturated rings. The van der Waals surface area contributed by atoms with Gasteiger partial charge in [-0.1, -0.05) is 0 Å². The van der Waals surface area contributed by atoms with Crippen LogP contribution in [0.1, 0.15) is 28.9 Å². The van der Waals surface area contributed by atoms with Gasteiger partial charge in [-0.05, 0) is 30.7 Å². The summed E-state index contributed by atoms with van der Waals surface area (Å²) in [5.41, 5.74) is 0.960. The number of benzene rings is 1. The van der Waals surface area contributed by atoms with Crippen molar-refractivity contribution < 1.29 is 18.7 Å². The molecule has 0 unspecified atom stereocenters. The number of halogens is 1. The van der Waals surface area contributed by atoms with Crippen LogP contribution in [-0.4, -0.2) is 20.2 Å². The first kappa shape index (κ1) is 11.8. The molecular weight excluding hydrogens is 199 g/mol. The molecule has 0 radical (unpaired) electrons. The highest BCUT2D eigenvalue weighted by molar-refractivity contribution is 5.77. The third kappa shape index (κ3) is 3.11. The van der Waals surface area contributed by atoms with Crippen molar-refractivity contribution in [2.45, 2.75) is 13.0 Å². The van der Waals surface area contributed by atoms with Crippen molar-refractivity contribution in [2.75, 3.05) is 13.9 Å². The van der Waals surface area contributed by atoms with Gasteiger partial charge in [0.1, 0.15) is 18.9 Å². The molecule has 1 rings (SSSR count). The lowest BCUT2D eigenvalue weighted by molar-refractivity contribution is -0.0668. The maximum Gasteiger partial charge on any atom is 0.150 e. The molecular formula is C11H13FO3. The van der Waals surface area contributed by atoms with Crippen molar-refractivity contribution >= 4 is 6.29 Å². The molecule has 0 aliphatic heterocycles. The maximum absolute atomic E-state index is 13.0. The molecule has 82 valence electrons. The molecule has 15 heavy (non-hydrogen) atoms. The minimum Gasteiger partial charge on any atom is -0.359 e. The molecule has 0 N–H and O–H groups in total. The summed E-state index contributed by atoms with van der Waals surface area (Å²) in [6.07, 6.45) is 0.308. The summed E-state index contributed by atoms with van der Waals surface area (Å²) < 4.78 is 22.9. The molecule has 0 saturated carbocycles. The molecule has 0 saturated heterocycles. The van der Waals surface area contributed by atoms with E-state index in [9.17, 15) is 9.18 Å². The molecule has 1 aromatic rings. The molecule has 1 atom stereocenters. The SMILES string of the molecule is COCO[C@H](C)c1cc(F)ccc1C=O. The van der Waals surface area contributed by atoms with Gasteiger partial charge >= 0.3 is 0 Å². The number of methoxy groups -OCH3 is 1. The van der Waals surface area contributed by atoms with Crippen LogP contribution in [0.2, 0.25) is 0 Å². The van der Waals surface area contributed by atoms with Crippen LogP contribution in [0.4, 0.5) is 4.39 Å². The van der Waals surface area contributed by atoms with Crippen molar-refractivity contribution in [1.29, 1.82) is 0 Å². The fourth-order valence-corrected chi connectivity index (χ4v) is 1.26. The lowest BCUT2D eigenvalue weighted by Gasteiger charge is -2.14. The van der Waals surface area contributed by atoms with Crippen molar-refractivity contribution in [3.63, 3.8) is 0 Å². The van der Waals surface area contributed by atoms with Crippen LogP contribution in [0.3, 0.4) is 0 Å². The second-order valence-electron chi connectivity index (χ2n) is 3.11. The predicted octanol–water partition coefficient (Wildman–Crippen LogP) is 2.32. The van der Waals surface area contributed by atoms with Gasteiger partial charge in [-0.3, -0.25) is 4.79 Å². The average Bonchev–Trinajstić information content (AvgIpc) is 2.25. The minimum absolute atomic E-state index is 0.107. The van der Waals surface area contributed by atoms with Crippen molar-refractivity contribution in [2.24, 2.45) is 0 Å². The average molecular weight is 212 g/mol. The molecule has 0 heterocycles. The Bertz CT molecular complexity index is 339. The van der Waals surface area contributed by atoms with E-state index in [1.165, 1.54) is 25.3 Å². The normalized spacial score (nSPS) is 12.5. The Morgan fingerprint density at radius 1 is 1.53 bits per heavy atom. The fourth-order valence-electron chi connectivity index (χ4n) is 1.26. The zero-order valence-corrected chi connectivity index (χ0v) is 8.70. The summed E-state index contributed by atoms with van der Waals surface area (Å²) in [5.74, 6) is -0.386. The largest absolute Gasteiger partial charge is 0.359 e. The van der Waals surface area contributed by atoms with Crippen LogP contribution < -0.4 is 0 Å². The third-order valence-electron chi connectivity index (χ3n) is 2.05. The molecule has 1 aromatic carbocycles. The van der Waals surface area contributed by atoms with E-state index in [0.29, 0.717) is 17.4 Å². The van der Waals surface area contributed by atoms with Gasteiger partial charge in [0.05, 0.1) is 6.10 Å². The number of rotatable bonds is 5. The Labute approximate surface area is 87.8 Å². The van der Waals surface area contributed by atoms with Crippen LogP contribution in [0.15, 0.2) is 18.2 Å². The molecule has 0 spiro atoms. The molecule has 4 heteroatoms. The van der Waals surface area contributed by atoms with Crippen LogP contribution in [0.5, 0.6) is 0 Å². The minimum atomic E-state index is -0.386. The zero-order chi connectivity index (χ0) is 11.3. The second kappa shape index (κ2) is 5.58. The van der Waals surface area contributed by atoms with Gasteiger partial charge in [0.25, 0.3) is 0 Å². The van der Waals surface area contributed by atoms with E-state index in [4.69, 9.17) is 9.47 Å². The topological polar surface area (TPSA) is 35.5 Å². The lowest BCUT2D eigenvalue weighted by atomic mass is 10.0. The highest BCUT2D eigenvalue weighted by atomic mass is 19.1. The molecule has 0 amide bonds. The van der Waals surface area contributed by atoms with Crippen molar-refractivity contribution in [3.05, 3.63) is 35.1 Å². The summed E-state index contributed by atoms with van der Waals surface area (Å²) >= 11 is 0. The monoisotopic (exact) mass is 212 g/mol. The Balaban J connectivity index is 2.89. The van der Waals surface area contributed by atoms with Crippen molar-refractivity contribution in [3.8, 4) is 0 Å². The van der Waals surface area contributed by atoms with E-state index in [2.05, 4.69) is 0 Å². The fraction of sp³-hybridized carbons (Fsp3) is 0.364. The van der Waals surface area contributed by atoms with E-state index in [0.717, 1.165) is 0 Å². The number of hydrogen-bond donors (Lipinski definition) is 0. The van der Waals surface area contributed by atoms with Gasteiger partial charge in [0.2, 0.25) is 0 Å². The zero-order valence-electron chi connectivity index (χ0n) is 8.70. The number of hydrogen-bond acceptors (Lipinski definition) is 3. The van der Waals surface area contributed by atoms with Crippen LogP contribution >= 0.6 is 0 Å². The summed E-state index contributed by atoms with van der Waals surface area (Å²) in [4.78, 5) is 10.7. The van der Waals surface area contributed by atoms with E-state index < -0.39 is 0 Å². The van der Waals surface area contributed by atoms with E-state index in [1.54, 1.807) is 6.92 Å². The van der Waals surface area contributed by atoms with Crippen LogP contribution in [-0.2, 0) is 9.47 Å². The van der Waals surface area contributed by atoms with Crippen molar-refractivity contribution in [1.82, 2.24) is 0 Å². The molecule has 0 aromatic heterocycles. The number of aldehydes is 1. The highest BCUT2D eigenvalue weighted by Gasteiger charge is 2.11. The number of ether oxygens (including phenoxy) is 2. The molecule has 0 aliphatic rings. The van der Waals surface area contributed by atoms with Gasteiger partial charge in [-0.15, -0.1) is 0 Å². The van der Waals surface area contributed by atoms with Crippen LogP contribution in [0.25, 0.3) is 0 Å². The van der Waals surface area contributed by atoms with Gasteiger partial charge < -0.3 is 9.47 Å². The molecule has 0 aliphatic carbocycles. The Kier molecular flexibility index (Phi) is 4.39. The quantitative estimate of drug-likeness (QED) is 0.555. The van der Waals surface area contributed by atoms with Gasteiger partial charge in [-0.25, -0.2) is 4.39 Å². The smallest absolute Gasteiger partial charge is 0.150 e. The third-order valence-corrected chi connectivity index (χ3v) is 2.05. The summed E-state index contributed by atoms with van der Waals surface area (Å²) in [5, 5.41) is 0. The number of carbonyl (C=O) groups is 1. The Morgan fingerprint density at radius 2 is 2.27 bits per heavy atom. The lowest BCUT2D eigenvalue weighted by Crippen LogP contribution is -2.06. The first-order valence-electron chi connectivity index (χ1n) is 4.54. The molecule has 0 bridgehead atoms. The second-order valence-corrected chi connectivity index (χ2v) is 3.11. The first-order valence-corrected chi connectivity index (χ1v) is 4.54. The first-order chi connectivity index (χ1) is 7.19. The Hall–Kier alpha value is -1.26. The van der Waals surface area contributed by atoms with Gasteiger partial charge in [0.15, 0.2) is 0 Å². The van der Waals surface area contributed by atoms with Gasteiger partial charge in [0, 0.05) is 12.7 Å². The van der Waals surface area contributed by atoms with E-state index >= 15 is 0 Å². The van der Waals surface area contributed by atoms with E-state index in [1.807, 2.05) is 0 Å². The maximum atomic E-state index is 13.0. The summed E-state index contributed by atoms with van der Waals surface area (Å²) in [7, 11) is 1.50. The predicted molar refractivity (Wildman–Crippen MR) is 53.2 cm³/mol. The molecule has 3 nitrogen and oxygen atoms in total. The van der Waals surface area contributed by atoms with E-state index in [-0.39, 0.29) is 18.7 Å². The summed E-state index contributed by atoms with van der Waals surface area (Å²) in [6, 6.07) is 3.98. The van der Waals surface area contributed by atoms with Crippen LogP contribution in [0, 0.1) is 5.82 Å². The van der Waals surface area contributed by atoms with Gasteiger partial charge in [-0.2, -0.15) is 0 Å². The highest BCUT2D eigenvalue weighted by Crippen LogP contribution is 2.21.